The standard InChI is InChI=1S/C20H24N2O/c1-14-5-9-16(10-6-14)19(17-11-7-15(2)8-12-17)22-20(23)18-4-3-13-21-18/h5-12,18-19,21H,3-4,13H2,1-2H3,(H,22,23)/t18-/m0/s1. The van der Waals surface area contributed by atoms with Gasteiger partial charge in [0.05, 0.1) is 12.1 Å². The van der Waals surface area contributed by atoms with E-state index in [1.54, 1.807) is 0 Å². The first-order valence-electron chi connectivity index (χ1n) is 8.30. The molecule has 2 N–H and O–H groups in total. The normalized spacial score (nSPS) is 17.4. The summed E-state index contributed by atoms with van der Waals surface area (Å²) in [6.07, 6.45) is 1.98. The molecule has 1 fully saturated rings. The van der Waals surface area contributed by atoms with Crippen LogP contribution >= 0.6 is 0 Å². The first-order chi connectivity index (χ1) is 11.1. The lowest BCUT2D eigenvalue weighted by Crippen LogP contribution is -2.42. The first-order valence-corrected chi connectivity index (χ1v) is 8.30. The fraction of sp³-hybridized carbons (Fsp3) is 0.350. The van der Waals surface area contributed by atoms with Crippen molar-refractivity contribution in [2.24, 2.45) is 0 Å². The molecule has 1 aliphatic rings. The van der Waals surface area contributed by atoms with Crippen LogP contribution in [0.2, 0.25) is 0 Å². The zero-order chi connectivity index (χ0) is 16.2. The van der Waals surface area contributed by atoms with E-state index in [1.807, 2.05) is 0 Å². The van der Waals surface area contributed by atoms with Crippen molar-refractivity contribution in [1.82, 2.24) is 10.6 Å². The molecule has 0 aromatic heterocycles. The van der Waals surface area contributed by atoms with E-state index in [4.69, 9.17) is 0 Å². The molecule has 3 rings (SSSR count). The molecule has 2 aromatic rings. The van der Waals surface area contributed by atoms with Crippen molar-refractivity contribution in [3.8, 4) is 0 Å². The fourth-order valence-electron chi connectivity index (χ4n) is 3.03. The minimum absolute atomic E-state index is 0.0617. The maximum Gasteiger partial charge on any atom is 0.237 e. The van der Waals surface area contributed by atoms with Crippen LogP contribution in [0.3, 0.4) is 0 Å². The van der Waals surface area contributed by atoms with E-state index in [9.17, 15) is 4.79 Å². The number of carbonyl (C=O) groups excluding carboxylic acids is 1. The van der Waals surface area contributed by atoms with Crippen LogP contribution < -0.4 is 10.6 Å². The third-order valence-electron chi connectivity index (χ3n) is 4.48. The van der Waals surface area contributed by atoms with Gasteiger partial charge >= 0.3 is 0 Å². The molecular weight excluding hydrogens is 284 g/mol. The van der Waals surface area contributed by atoms with E-state index in [2.05, 4.69) is 73.0 Å². The van der Waals surface area contributed by atoms with Crippen LogP contribution in [-0.2, 0) is 4.79 Å². The van der Waals surface area contributed by atoms with Crippen molar-refractivity contribution in [1.29, 1.82) is 0 Å². The fourth-order valence-corrected chi connectivity index (χ4v) is 3.03. The smallest absolute Gasteiger partial charge is 0.237 e. The third kappa shape index (κ3) is 3.80. The average Bonchev–Trinajstić information content (AvgIpc) is 3.09. The predicted octanol–water partition coefficient (Wildman–Crippen LogP) is 3.26. The van der Waals surface area contributed by atoms with Crippen molar-refractivity contribution in [3.63, 3.8) is 0 Å². The first kappa shape index (κ1) is 15.8. The highest BCUT2D eigenvalue weighted by molar-refractivity contribution is 5.82. The molecule has 1 heterocycles. The van der Waals surface area contributed by atoms with E-state index in [0.29, 0.717) is 0 Å². The number of amides is 1. The summed E-state index contributed by atoms with van der Waals surface area (Å²) < 4.78 is 0. The van der Waals surface area contributed by atoms with Gasteiger partial charge in [0.15, 0.2) is 0 Å². The zero-order valence-corrected chi connectivity index (χ0v) is 13.8. The number of aryl methyl sites for hydroxylation is 2. The van der Waals surface area contributed by atoms with Gasteiger partial charge < -0.3 is 10.6 Å². The molecule has 1 amide bonds. The van der Waals surface area contributed by atoms with Gasteiger partial charge in [0.25, 0.3) is 0 Å². The van der Waals surface area contributed by atoms with Crippen LogP contribution in [0.25, 0.3) is 0 Å². The number of hydrogen-bond donors (Lipinski definition) is 2. The highest BCUT2D eigenvalue weighted by Crippen LogP contribution is 2.23. The summed E-state index contributed by atoms with van der Waals surface area (Å²) in [5.74, 6) is 0.0913. The van der Waals surface area contributed by atoms with Gasteiger partial charge in [-0.15, -0.1) is 0 Å². The summed E-state index contributed by atoms with van der Waals surface area (Å²) in [5.41, 5.74) is 4.68. The molecular formula is C20H24N2O. The van der Waals surface area contributed by atoms with Gasteiger partial charge in [-0.1, -0.05) is 59.7 Å². The highest BCUT2D eigenvalue weighted by Gasteiger charge is 2.25. The summed E-state index contributed by atoms with van der Waals surface area (Å²) in [7, 11) is 0. The summed E-state index contributed by atoms with van der Waals surface area (Å²) in [4.78, 5) is 12.6. The van der Waals surface area contributed by atoms with Crippen molar-refractivity contribution < 1.29 is 4.79 Å². The Morgan fingerprint density at radius 2 is 1.52 bits per heavy atom. The van der Waals surface area contributed by atoms with E-state index in [0.717, 1.165) is 30.5 Å². The molecule has 0 radical (unpaired) electrons. The van der Waals surface area contributed by atoms with Crippen LogP contribution in [0.4, 0.5) is 0 Å². The monoisotopic (exact) mass is 308 g/mol. The Hall–Kier alpha value is -2.13. The molecule has 2 aromatic carbocycles. The maximum absolute atomic E-state index is 12.6. The van der Waals surface area contributed by atoms with Gasteiger partial charge in [0, 0.05) is 0 Å². The number of hydrogen-bond acceptors (Lipinski definition) is 2. The Kier molecular flexibility index (Phi) is 4.77. The second kappa shape index (κ2) is 6.97. The zero-order valence-electron chi connectivity index (χ0n) is 13.8. The Bertz CT molecular complexity index is 610. The number of nitrogens with one attached hydrogen (secondary N) is 2. The Labute approximate surface area is 138 Å². The van der Waals surface area contributed by atoms with E-state index >= 15 is 0 Å². The van der Waals surface area contributed by atoms with Crippen LogP contribution in [0.15, 0.2) is 48.5 Å². The van der Waals surface area contributed by atoms with Crippen molar-refractivity contribution in [2.75, 3.05) is 6.54 Å². The van der Waals surface area contributed by atoms with Crippen LogP contribution in [0, 0.1) is 13.8 Å². The third-order valence-corrected chi connectivity index (χ3v) is 4.48. The second-order valence-corrected chi connectivity index (χ2v) is 6.41. The molecule has 1 saturated heterocycles. The van der Waals surface area contributed by atoms with Gasteiger partial charge in [-0.05, 0) is 44.4 Å². The molecule has 1 atom stereocenters. The van der Waals surface area contributed by atoms with E-state index < -0.39 is 0 Å². The molecule has 3 nitrogen and oxygen atoms in total. The molecule has 0 spiro atoms. The van der Waals surface area contributed by atoms with E-state index in [-0.39, 0.29) is 18.0 Å². The topological polar surface area (TPSA) is 41.1 Å². The number of carbonyl (C=O) groups is 1. The van der Waals surface area contributed by atoms with Crippen LogP contribution in [0.1, 0.15) is 41.1 Å². The Morgan fingerprint density at radius 1 is 1.00 bits per heavy atom. The van der Waals surface area contributed by atoms with Gasteiger partial charge in [-0.2, -0.15) is 0 Å². The van der Waals surface area contributed by atoms with Gasteiger partial charge in [0.1, 0.15) is 0 Å². The molecule has 0 unspecified atom stereocenters. The van der Waals surface area contributed by atoms with Crippen LogP contribution in [0.5, 0.6) is 0 Å². The van der Waals surface area contributed by atoms with E-state index in [1.165, 1.54) is 11.1 Å². The molecule has 0 aliphatic carbocycles. The SMILES string of the molecule is Cc1ccc(C(NC(=O)[C@@H]2CCCN2)c2ccc(C)cc2)cc1. The minimum Gasteiger partial charge on any atom is -0.344 e. The predicted molar refractivity (Wildman–Crippen MR) is 93.4 cm³/mol. The maximum atomic E-state index is 12.6. The quantitative estimate of drug-likeness (QED) is 0.910. The summed E-state index contributed by atoms with van der Waals surface area (Å²) in [6, 6.07) is 16.6. The van der Waals surface area contributed by atoms with Crippen molar-refractivity contribution in [3.05, 3.63) is 70.8 Å². The van der Waals surface area contributed by atoms with Gasteiger partial charge in [0.2, 0.25) is 5.91 Å². The lowest BCUT2D eigenvalue weighted by Gasteiger charge is -2.22. The summed E-state index contributed by atoms with van der Waals surface area (Å²) >= 11 is 0. The molecule has 0 saturated carbocycles. The molecule has 1 aliphatic heterocycles. The second-order valence-electron chi connectivity index (χ2n) is 6.41. The van der Waals surface area contributed by atoms with Crippen molar-refractivity contribution >= 4 is 5.91 Å². The number of benzene rings is 2. The van der Waals surface area contributed by atoms with Gasteiger partial charge in [-0.3, -0.25) is 4.79 Å². The lowest BCUT2D eigenvalue weighted by atomic mass is 9.96. The molecule has 0 bridgehead atoms. The Balaban J connectivity index is 1.87. The minimum atomic E-state index is -0.105. The summed E-state index contributed by atoms with van der Waals surface area (Å²) in [6.45, 7) is 5.08. The average molecular weight is 308 g/mol. The molecule has 23 heavy (non-hydrogen) atoms. The largest absolute Gasteiger partial charge is 0.344 e. The summed E-state index contributed by atoms with van der Waals surface area (Å²) in [5, 5.41) is 6.50. The van der Waals surface area contributed by atoms with Crippen molar-refractivity contribution in [2.45, 2.75) is 38.8 Å². The lowest BCUT2D eigenvalue weighted by molar-refractivity contribution is -0.123. The molecule has 120 valence electrons. The van der Waals surface area contributed by atoms with Crippen LogP contribution in [-0.4, -0.2) is 18.5 Å². The molecule has 3 heteroatoms. The van der Waals surface area contributed by atoms with Gasteiger partial charge in [-0.25, -0.2) is 0 Å². The number of rotatable bonds is 4. The Morgan fingerprint density at radius 3 is 1.96 bits per heavy atom. The highest BCUT2D eigenvalue weighted by atomic mass is 16.2.